The molecule has 0 bridgehead atoms. The summed E-state index contributed by atoms with van der Waals surface area (Å²) in [5.41, 5.74) is 2.96. The molecular formula is C27H29N5O4. The van der Waals surface area contributed by atoms with E-state index in [0.29, 0.717) is 11.3 Å². The second-order valence-corrected chi connectivity index (χ2v) is 7.77. The zero-order valence-corrected chi connectivity index (χ0v) is 19.9. The molecule has 9 nitrogen and oxygen atoms in total. The molecule has 0 aliphatic carbocycles. The van der Waals surface area contributed by atoms with Crippen LogP contribution in [0, 0.1) is 0 Å². The lowest BCUT2D eigenvalue weighted by molar-refractivity contribution is -0.147. The first-order valence-corrected chi connectivity index (χ1v) is 11.4. The Balaban J connectivity index is 1.69. The van der Waals surface area contributed by atoms with E-state index in [2.05, 4.69) is 21.1 Å². The first kappa shape index (κ1) is 26.0. The summed E-state index contributed by atoms with van der Waals surface area (Å²) in [7, 11) is 0. The van der Waals surface area contributed by atoms with Crippen molar-refractivity contribution >= 4 is 29.7 Å². The first-order valence-electron chi connectivity index (χ1n) is 11.4. The van der Waals surface area contributed by atoms with Crippen LogP contribution in [0.4, 0.5) is 5.69 Å². The Hall–Kier alpha value is -4.66. The lowest BCUT2D eigenvalue weighted by Gasteiger charge is -2.21. The van der Waals surface area contributed by atoms with Crippen LogP contribution < -0.4 is 21.8 Å². The number of amides is 2. The van der Waals surface area contributed by atoms with Crippen LogP contribution in [0.25, 0.3) is 0 Å². The fourth-order valence-electron chi connectivity index (χ4n) is 3.55. The van der Waals surface area contributed by atoms with Gasteiger partial charge in [-0.1, -0.05) is 72.8 Å². The minimum atomic E-state index is -1.36. The van der Waals surface area contributed by atoms with Crippen LogP contribution in [0.15, 0.2) is 90.0 Å². The molecule has 186 valence electrons. The number of hydrogen-bond donors (Lipinski definition) is 4. The standard InChI is InChI=1S/C27H29N5O4/c1-2-36-27(35)25(31-22-15-9-10-19(16-22)17-30-28)26(34)29-18-23(33)32-24(20-11-5-3-6-12-20)21-13-7-4-8-14-21/h3-17,24-25,31H,2,18,28H2,1H3,(H,29,34)(H,32,33). The minimum absolute atomic E-state index is 0.0977. The summed E-state index contributed by atoms with van der Waals surface area (Å²) in [6.45, 7) is 1.42. The molecule has 0 fully saturated rings. The highest BCUT2D eigenvalue weighted by Crippen LogP contribution is 2.21. The molecule has 36 heavy (non-hydrogen) atoms. The molecular weight excluding hydrogens is 458 g/mol. The Kier molecular flexibility index (Phi) is 9.58. The number of benzene rings is 3. The largest absolute Gasteiger partial charge is 0.464 e. The van der Waals surface area contributed by atoms with E-state index in [1.54, 1.807) is 31.2 Å². The van der Waals surface area contributed by atoms with Crippen molar-refractivity contribution in [3.8, 4) is 0 Å². The molecule has 0 saturated heterocycles. The van der Waals surface area contributed by atoms with Gasteiger partial charge in [0.2, 0.25) is 11.9 Å². The van der Waals surface area contributed by atoms with Gasteiger partial charge < -0.3 is 26.5 Å². The normalized spacial score (nSPS) is 11.6. The number of hydrazone groups is 1. The Morgan fingerprint density at radius 3 is 2.17 bits per heavy atom. The fourth-order valence-corrected chi connectivity index (χ4v) is 3.55. The molecule has 3 aromatic carbocycles. The second kappa shape index (κ2) is 13.3. The Morgan fingerprint density at radius 1 is 0.944 bits per heavy atom. The highest BCUT2D eigenvalue weighted by atomic mass is 16.5. The second-order valence-electron chi connectivity index (χ2n) is 7.77. The van der Waals surface area contributed by atoms with Crippen molar-refractivity contribution in [2.24, 2.45) is 10.9 Å². The van der Waals surface area contributed by atoms with Crippen molar-refractivity contribution in [2.45, 2.75) is 19.0 Å². The quantitative estimate of drug-likeness (QED) is 0.108. The van der Waals surface area contributed by atoms with E-state index in [1.165, 1.54) is 6.21 Å². The third-order valence-electron chi connectivity index (χ3n) is 5.20. The predicted octanol–water partition coefficient (Wildman–Crippen LogP) is 2.34. The van der Waals surface area contributed by atoms with Gasteiger partial charge in [-0.05, 0) is 35.7 Å². The van der Waals surface area contributed by atoms with Crippen molar-refractivity contribution in [1.29, 1.82) is 0 Å². The van der Waals surface area contributed by atoms with Gasteiger partial charge in [0, 0.05) is 5.69 Å². The van der Waals surface area contributed by atoms with Crippen LogP contribution in [-0.2, 0) is 19.1 Å². The summed E-state index contributed by atoms with van der Waals surface area (Å²) >= 11 is 0. The third-order valence-corrected chi connectivity index (χ3v) is 5.20. The molecule has 3 rings (SSSR count). The van der Waals surface area contributed by atoms with Gasteiger partial charge in [-0.25, -0.2) is 4.79 Å². The summed E-state index contributed by atoms with van der Waals surface area (Å²) in [5, 5.41) is 11.8. The molecule has 0 saturated carbocycles. The number of carbonyl (C=O) groups excluding carboxylic acids is 3. The van der Waals surface area contributed by atoms with Gasteiger partial charge in [0.15, 0.2) is 0 Å². The number of esters is 1. The van der Waals surface area contributed by atoms with E-state index in [1.807, 2.05) is 60.7 Å². The van der Waals surface area contributed by atoms with Gasteiger partial charge in [0.1, 0.15) is 0 Å². The van der Waals surface area contributed by atoms with E-state index >= 15 is 0 Å². The molecule has 2 amide bonds. The summed E-state index contributed by atoms with van der Waals surface area (Å²) in [4.78, 5) is 38.2. The van der Waals surface area contributed by atoms with Crippen LogP contribution >= 0.6 is 0 Å². The number of rotatable bonds is 11. The molecule has 5 N–H and O–H groups in total. The number of nitrogens with zero attached hydrogens (tertiary/aromatic N) is 1. The van der Waals surface area contributed by atoms with E-state index in [-0.39, 0.29) is 13.2 Å². The van der Waals surface area contributed by atoms with Crippen molar-refractivity contribution in [3.05, 3.63) is 102 Å². The molecule has 3 aromatic rings. The number of nitrogens with one attached hydrogen (secondary N) is 3. The average Bonchev–Trinajstić information content (AvgIpc) is 2.90. The molecule has 0 aliphatic rings. The van der Waals surface area contributed by atoms with Gasteiger partial charge in [-0.15, -0.1) is 0 Å². The van der Waals surface area contributed by atoms with E-state index in [0.717, 1.165) is 11.1 Å². The molecule has 0 spiro atoms. The Labute approximate surface area is 209 Å². The topological polar surface area (TPSA) is 135 Å². The van der Waals surface area contributed by atoms with Crippen molar-refractivity contribution in [2.75, 3.05) is 18.5 Å². The highest BCUT2D eigenvalue weighted by molar-refractivity contribution is 6.05. The van der Waals surface area contributed by atoms with Crippen LogP contribution in [0.2, 0.25) is 0 Å². The van der Waals surface area contributed by atoms with E-state index < -0.39 is 29.9 Å². The predicted molar refractivity (Wildman–Crippen MR) is 138 cm³/mol. The van der Waals surface area contributed by atoms with Crippen LogP contribution in [0.5, 0.6) is 0 Å². The summed E-state index contributed by atoms with van der Waals surface area (Å²) in [6.07, 6.45) is 1.44. The van der Waals surface area contributed by atoms with Crippen molar-refractivity contribution in [1.82, 2.24) is 10.6 Å². The molecule has 0 radical (unpaired) electrons. The Morgan fingerprint density at radius 2 is 1.58 bits per heavy atom. The fraction of sp³-hybridized carbons (Fsp3) is 0.185. The zero-order chi connectivity index (χ0) is 25.8. The highest BCUT2D eigenvalue weighted by Gasteiger charge is 2.28. The molecule has 0 aliphatic heterocycles. The first-order chi connectivity index (χ1) is 17.5. The maximum atomic E-state index is 12.9. The van der Waals surface area contributed by atoms with Gasteiger partial charge in [0.05, 0.1) is 25.4 Å². The number of carbonyl (C=O) groups is 3. The monoisotopic (exact) mass is 487 g/mol. The van der Waals surface area contributed by atoms with Gasteiger partial charge >= 0.3 is 5.97 Å². The third kappa shape index (κ3) is 7.42. The van der Waals surface area contributed by atoms with E-state index in [9.17, 15) is 14.4 Å². The molecule has 1 atom stereocenters. The SMILES string of the molecule is CCOC(=O)C(Nc1cccc(C=NN)c1)C(=O)NCC(=O)NC(c1ccccc1)c1ccccc1. The van der Waals surface area contributed by atoms with Gasteiger partial charge in [0.25, 0.3) is 5.91 Å². The van der Waals surface area contributed by atoms with Gasteiger partial charge in [-0.3, -0.25) is 9.59 Å². The van der Waals surface area contributed by atoms with Crippen molar-refractivity contribution < 1.29 is 19.1 Å². The van der Waals surface area contributed by atoms with Crippen LogP contribution in [0.1, 0.15) is 29.7 Å². The zero-order valence-electron chi connectivity index (χ0n) is 19.9. The molecule has 0 heterocycles. The van der Waals surface area contributed by atoms with E-state index in [4.69, 9.17) is 10.6 Å². The lowest BCUT2D eigenvalue weighted by atomic mass is 9.99. The smallest absolute Gasteiger partial charge is 0.338 e. The molecule has 0 aromatic heterocycles. The summed E-state index contributed by atoms with van der Waals surface area (Å²) in [6, 6.07) is 24.1. The number of ether oxygens (including phenoxy) is 1. The molecule has 9 heteroatoms. The maximum absolute atomic E-state index is 12.9. The van der Waals surface area contributed by atoms with Crippen molar-refractivity contribution in [3.63, 3.8) is 0 Å². The number of hydrogen-bond acceptors (Lipinski definition) is 7. The summed E-state index contributed by atoms with van der Waals surface area (Å²) < 4.78 is 5.05. The average molecular weight is 488 g/mol. The van der Waals surface area contributed by atoms with Crippen LogP contribution in [0.3, 0.4) is 0 Å². The maximum Gasteiger partial charge on any atom is 0.338 e. The minimum Gasteiger partial charge on any atom is -0.464 e. The Bertz CT molecular complexity index is 1150. The number of anilines is 1. The van der Waals surface area contributed by atoms with Gasteiger partial charge in [-0.2, -0.15) is 5.10 Å². The molecule has 1 unspecified atom stereocenters. The lowest BCUT2D eigenvalue weighted by Crippen LogP contribution is -2.48. The van der Waals surface area contributed by atoms with Crippen LogP contribution in [-0.4, -0.2) is 43.2 Å². The summed E-state index contributed by atoms with van der Waals surface area (Å²) in [5.74, 6) is 3.32. The number of nitrogens with two attached hydrogens (primary N) is 1.